The second-order valence-electron chi connectivity index (χ2n) is 6.84. The molecule has 0 aliphatic rings. The highest BCUT2D eigenvalue weighted by atomic mass is 127. The highest BCUT2D eigenvalue weighted by Gasteiger charge is 2.15. The molecular formula is C19H32IN5S. The normalized spacial score (nSPS) is 12.8. The first kappa shape index (κ1) is 23.0. The minimum absolute atomic E-state index is 0. The fourth-order valence-electron chi connectivity index (χ4n) is 2.85. The molecule has 1 atom stereocenters. The molecule has 2 rings (SSSR count). The molecular weight excluding hydrogens is 457 g/mol. The van der Waals surface area contributed by atoms with Gasteiger partial charge in [-0.15, -0.1) is 35.3 Å². The van der Waals surface area contributed by atoms with Crippen molar-refractivity contribution in [1.29, 1.82) is 0 Å². The topological polar surface area (TPSA) is 45.5 Å². The van der Waals surface area contributed by atoms with Crippen LogP contribution in [0.3, 0.4) is 0 Å². The summed E-state index contributed by atoms with van der Waals surface area (Å²) in [6, 6.07) is 4.29. The molecule has 0 saturated heterocycles. The summed E-state index contributed by atoms with van der Waals surface area (Å²) in [7, 11) is 4.08. The molecule has 2 aromatic heterocycles. The van der Waals surface area contributed by atoms with E-state index in [-0.39, 0.29) is 24.0 Å². The lowest BCUT2D eigenvalue weighted by Crippen LogP contribution is -2.38. The van der Waals surface area contributed by atoms with E-state index in [0.717, 1.165) is 31.3 Å². The fraction of sp³-hybridized carbons (Fsp3) is 0.579. The van der Waals surface area contributed by atoms with Crippen molar-refractivity contribution in [3.05, 3.63) is 39.8 Å². The van der Waals surface area contributed by atoms with Crippen molar-refractivity contribution >= 4 is 41.3 Å². The van der Waals surface area contributed by atoms with Crippen LogP contribution in [0.1, 0.15) is 55.7 Å². The predicted octanol–water partition coefficient (Wildman–Crippen LogP) is 4.42. The molecule has 5 nitrogen and oxygen atoms in total. The maximum absolute atomic E-state index is 4.86. The van der Waals surface area contributed by atoms with Gasteiger partial charge < -0.3 is 10.2 Å². The minimum Gasteiger partial charge on any atom is -0.357 e. The van der Waals surface area contributed by atoms with Gasteiger partial charge in [0, 0.05) is 49.7 Å². The van der Waals surface area contributed by atoms with Gasteiger partial charge in [0.25, 0.3) is 0 Å². The third-order valence-electron chi connectivity index (χ3n) is 4.13. The molecule has 0 spiro atoms. The Morgan fingerprint density at radius 1 is 1.38 bits per heavy atom. The number of hydrogen-bond donors (Lipinski definition) is 1. The number of guanidine groups is 1. The molecule has 0 radical (unpaired) electrons. The lowest BCUT2D eigenvalue weighted by atomic mass is 10.1. The van der Waals surface area contributed by atoms with E-state index < -0.39 is 0 Å². The standard InChI is InChI=1S/C19H31N5S.HI/c1-7-20-19(21-11-15(4)17-9-8-10-25-17)23(5)12-16-13-24(6)22-18(16)14(2)3;/h8-10,13-15H,7,11-12H2,1-6H3,(H,20,21);1H. The highest BCUT2D eigenvalue weighted by molar-refractivity contribution is 14.0. The maximum Gasteiger partial charge on any atom is 0.193 e. The Morgan fingerprint density at radius 3 is 2.69 bits per heavy atom. The van der Waals surface area contributed by atoms with E-state index in [4.69, 9.17) is 4.99 Å². The Labute approximate surface area is 178 Å². The zero-order valence-corrected chi connectivity index (χ0v) is 19.8. The van der Waals surface area contributed by atoms with Crippen LogP contribution in [-0.4, -0.2) is 40.8 Å². The summed E-state index contributed by atoms with van der Waals surface area (Å²) in [5.74, 6) is 1.80. The monoisotopic (exact) mass is 489 g/mol. The summed E-state index contributed by atoms with van der Waals surface area (Å²) < 4.78 is 1.90. The van der Waals surface area contributed by atoms with E-state index in [0.29, 0.717) is 11.8 Å². The third kappa shape index (κ3) is 6.26. The Balaban J connectivity index is 0.00000338. The highest BCUT2D eigenvalue weighted by Crippen LogP contribution is 2.21. The van der Waals surface area contributed by atoms with Gasteiger partial charge in [-0.25, -0.2) is 0 Å². The zero-order valence-electron chi connectivity index (χ0n) is 16.7. The quantitative estimate of drug-likeness (QED) is 0.356. The smallest absolute Gasteiger partial charge is 0.193 e. The van der Waals surface area contributed by atoms with Crippen LogP contribution in [0.4, 0.5) is 0 Å². The van der Waals surface area contributed by atoms with E-state index in [2.05, 4.69) is 73.8 Å². The number of aryl methyl sites for hydroxylation is 1. The second kappa shape index (κ2) is 10.9. The molecule has 1 N–H and O–H groups in total. The predicted molar refractivity (Wildman–Crippen MR) is 123 cm³/mol. The van der Waals surface area contributed by atoms with Gasteiger partial charge in [0.15, 0.2) is 5.96 Å². The van der Waals surface area contributed by atoms with E-state index in [1.165, 1.54) is 10.4 Å². The van der Waals surface area contributed by atoms with E-state index >= 15 is 0 Å². The van der Waals surface area contributed by atoms with Gasteiger partial charge >= 0.3 is 0 Å². The number of rotatable bonds is 7. The van der Waals surface area contributed by atoms with Gasteiger partial charge in [0.05, 0.1) is 12.2 Å². The number of thiophene rings is 1. The Hall–Kier alpha value is -1.09. The molecule has 146 valence electrons. The van der Waals surface area contributed by atoms with Gasteiger partial charge in [-0.3, -0.25) is 9.67 Å². The third-order valence-corrected chi connectivity index (χ3v) is 5.24. The Morgan fingerprint density at radius 2 is 2.12 bits per heavy atom. The van der Waals surface area contributed by atoms with Crippen molar-refractivity contribution in [1.82, 2.24) is 20.0 Å². The van der Waals surface area contributed by atoms with E-state index in [9.17, 15) is 0 Å². The SMILES string of the molecule is CCNC(=NCC(C)c1cccs1)N(C)Cc1cn(C)nc1C(C)C.I. The van der Waals surface area contributed by atoms with E-state index in [1.807, 2.05) is 11.7 Å². The molecule has 0 aromatic carbocycles. The van der Waals surface area contributed by atoms with Crippen molar-refractivity contribution in [2.45, 2.75) is 46.1 Å². The number of aliphatic imine (C=N–C) groups is 1. The molecule has 0 aliphatic carbocycles. The van der Waals surface area contributed by atoms with Gasteiger partial charge in [0.1, 0.15) is 0 Å². The molecule has 2 heterocycles. The summed E-state index contributed by atoms with van der Waals surface area (Å²) >= 11 is 1.80. The van der Waals surface area contributed by atoms with E-state index in [1.54, 1.807) is 11.3 Å². The maximum atomic E-state index is 4.86. The van der Waals surface area contributed by atoms with Crippen LogP contribution in [0.5, 0.6) is 0 Å². The average Bonchev–Trinajstić information content (AvgIpc) is 3.20. The van der Waals surface area contributed by atoms with Crippen molar-refractivity contribution in [3.8, 4) is 0 Å². The number of hydrogen-bond acceptors (Lipinski definition) is 3. The van der Waals surface area contributed by atoms with Crippen LogP contribution in [0, 0.1) is 0 Å². The molecule has 1 unspecified atom stereocenters. The molecule has 0 fully saturated rings. The molecule has 0 aliphatic heterocycles. The first-order chi connectivity index (χ1) is 11.9. The van der Waals surface area contributed by atoms with Crippen LogP contribution in [0.25, 0.3) is 0 Å². The number of halogens is 1. The van der Waals surface area contributed by atoms with Crippen molar-refractivity contribution in [3.63, 3.8) is 0 Å². The van der Waals surface area contributed by atoms with Crippen LogP contribution < -0.4 is 5.32 Å². The lowest BCUT2D eigenvalue weighted by molar-refractivity contribution is 0.472. The largest absolute Gasteiger partial charge is 0.357 e. The molecule has 7 heteroatoms. The van der Waals surface area contributed by atoms with Crippen LogP contribution >= 0.6 is 35.3 Å². The van der Waals surface area contributed by atoms with Crippen molar-refractivity contribution in [2.24, 2.45) is 12.0 Å². The summed E-state index contributed by atoms with van der Waals surface area (Å²) in [5.41, 5.74) is 2.43. The van der Waals surface area contributed by atoms with Gasteiger partial charge in [-0.2, -0.15) is 5.10 Å². The first-order valence-corrected chi connectivity index (χ1v) is 9.85. The zero-order chi connectivity index (χ0) is 18.4. The summed E-state index contributed by atoms with van der Waals surface area (Å²) in [4.78, 5) is 8.43. The summed E-state index contributed by atoms with van der Waals surface area (Å²) in [5, 5.41) is 10.1. The Bertz CT molecular complexity index is 678. The molecule has 0 bridgehead atoms. The average molecular weight is 489 g/mol. The fourth-order valence-corrected chi connectivity index (χ4v) is 3.63. The minimum atomic E-state index is 0. The van der Waals surface area contributed by atoms with Gasteiger partial charge in [-0.05, 0) is 24.3 Å². The van der Waals surface area contributed by atoms with Crippen LogP contribution in [0.15, 0.2) is 28.7 Å². The summed E-state index contributed by atoms with van der Waals surface area (Å²) in [6.45, 7) is 11.2. The van der Waals surface area contributed by atoms with Gasteiger partial charge in [-0.1, -0.05) is 26.8 Å². The second-order valence-corrected chi connectivity index (χ2v) is 7.81. The van der Waals surface area contributed by atoms with Gasteiger partial charge in [0.2, 0.25) is 0 Å². The number of nitrogens with zero attached hydrogens (tertiary/aromatic N) is 4. The first-order valence-electron chi connectivity index (χ1n) is 8.97. The number of nitrogens with one attached hydrogen (secondary N) is 1. The molecule has 0 saturated carbocycles. The lowest BCUT2D eigenvalue weighted by Gasteiger charge is -2.23. The van der Waals surface area contributed by atoms with Crippen LogP contribution in [-0.2, 0) is 13.6 Å². The van der Waals surface area contributed by atoms with Crippen molar-refractivity contribution in [2.75, 3.05) is 20.1 Å². The molecule has 2 aromatic rings. The Kier molecular flexibility index (Phi) is 9.63. The van der Waals surface area contributed by atoms with Crippen LogP contribution in [0.2, 0.25) is 0 Å². The molecule has 0 amide bonds. The summed E-state index contributed by atoms with van der Waals surface area (Å²) in [6.07, 6.45) is 2.11. The number of aromatic nitrogens is 2. The van der Waals surface area contributed by atoms with Crippen molar-refractivity contribution < 1.29 is 0 Å². The molecule has 26 heavy (non-hydrogen) atoms.